The summed E-state index contributed by atoms with van der Waals surface area (Å²) in [5.41, 5.74) is 2.74. The molecule has 2 aromatic rings. The monoisotopic (exact) mass is 441 g/mol. The van der Waals surface area contributed by atoms with Gasteiger partial charge in [-0.2, -0.15) is 0 Å². The molecule has 5 nitrogen and oxygen atoms in total. The lowest BCUT2D eigenvalue weighted by Crippen LogP contribution is -2.27. The van der Waals surface area contributed by atoms with E-state index in [9.17, 15) is 9.59 Å². The van der Waals surface area contributed by atoms with Crippen molar-refractivity contribution in [2.24, 2.45) is 0 Å². The maximum atomic E-state index is 13.0. The number of carboxylic acid groups (broad SMARTS) is 1. The van der Waals surface area contributed by atoms with Gasteiger partial charge in [0.1, 0.15) is 5.75 Å². The fourth-order valence-corrected chi connectivity index (χ4v) is 4.27. The second kappa shape index (κ2) is 9.91. The minimum Gasteiger partial charge on any atom is -0.479 e. The van der Waals surface area contributed by atoms with Crippen molar-refractivity contribution in [3.8, 4) is 5.75 Å². The van der Waals surface area contributed by atoms with Gasteiger partial charge in [0.05, 0.1) is 10.6 Å². The van der Waals surface area contributed by atoms with Gasteiger partial charge < -0.3 is 9.84 Å². The number of benzene rings is 2. The fourth-order valence-electron chi connectivity index (χ4n) is 2.97. The first-order chi connectivity index (χ1) is 14.4. The van der Waals surface area contributed by atoms with Crippen molar-refractivity contribution in [1.82, 2.24) is 0 Å². The van der Waals surface area contributed by atoms with Crippen LogP contribution in [-0.2, 0) is 16.0 Å². The van der Waals surface area contributed by atoms with Crippen LogP contribution < -0.4 is 9.64 Å². The summed E-state index contributed by atoms with van der Waals surface area (Å²) in [4.78, 5) is 26.0. The van der Waals surface area contributed by atoms with Crippen LogP contribution in [-0.4, -0.2) is 27.4 Å². The van der Waals surface area contributed by atoms with E-state index in [1.807, 2.05) is 30.3 Å². The van der Waals surface area contributed by atoms with Crippen LogP contribution in [0.3, 0.4) is 0 Å². The predicted molar refractivity (Wildman–Crippen MR) is 125 cm³/mol. The maximum absolute atomic E-state index is 13.0. The molecule has 1 aliphatic heterocycles. The predicted octanol–water partition coefficient (Wildman–Crippen LogP) is 5.29. The van der Waals surface area contributed by atoms with Crippen LogP contribution in [0, 0.1) is 0 Å². The van der Waals surface area contributed by atoms with Gasteiger partial charge in [-0.05, 0) is 61.2 Å². The van der Waals surface area contributed by atoms with Crippen molar-refractivity contribution in [3.63, 3.8) is 0 Å². The Morgan fingerprint density at radius 3 is 2.67 bits per heavy atom. The van der Waals surface area contributed by atoms with E-state index in [1.165, 1.54) is 24.2 Å². The molecule has 1 unspecified atom stereocenters. The molecule has 0 radical (unpaired) electrons. The number of hydrogen-bond acceptors (Lipinski definition) is 5. The number of hydrogen-bond donors (Lipinski definition) is 1. The first-order valence-corrected chi connectivity index (χ1v) is 11.0. The SMILES string of the molecule is CCCCc1ccc(N2C(=O)/C(=C\c3cccc(OC(C)C(=O)O)c3)SC2=S)cc1. The van der Waals surface area contributed by atoms with Gasteiger partial charge in [0.15, 0.2) is 10.4 Å². The number of carboxylic acids is 1. The molecular formula is C23H23NO4S2. The third kappa shape index (κ3) is 5.29. The van der Waals surface area contributed by atoms with Crippen molar-refractivity contribution >= 4 is 51.9 Å². The minimum absolute atomic E-state index is 0.170. The molecule has 0 aromatic heterocycles. The number of rotatable bonds is 8. The number of nitrogens with zero attached hydrogens (tertiary/aromatic N) is 1. The van der Waals surface area contributed by atoms with Gasteiger partial charge in [-0.1, -0.05) is 61.6 Å². The Balaban J connectivity index is 1.77. The van der Waals surface area contributed by atoms with E-state index in [0.717, 1.165) is 30.5 Å². The zero-order chi connectivity index (χ0) is 21.7. The molecule has 7 heteroatoms. The Morgan fingerprint density at radius 2 is 2.00 bits per heavy atom. The number of anilines is 1. The average molecular weight is 442 g/mol. The van der Waals surface area contributed by atoms with E-state index in [1.54, 1.807) is 29.2 Å². The summed E-state index contributed by atoms with van der Waals surface area (Å²) in [5.74, 6) is -0.782. The highest BCUT2D eigenvalue weighted by Crippen LogP contribution is 2.36. The Hall–Kier alpha value is -2.64. The van der Waals surface area contributed by atoms with E-state index in [4.69, 9.17) is 22.1 Å². The quantitative estimate of drug-likeness (QED) is 0.444. The summed E-state index contributed by atoms with van der Waals surface area (Å²) < 4.78 is 5.89. The van der Waals surface area contributed by atoms with Crippen molar-refractivity contribution in [1.29, 1.82) is 0 Å². The van der Waals surface area contributed by atoms with E-state index >= 15 is 0 Å². The van der Waals surface area contributed by atoms with Gasteiger partial charge in [-0.3, -0.25) is 9.69 Å². The molecule has 0 spiro atoms. The zero-order valence-electron chi connectivity index (χ0n) is 16.8. The second-order valence-corrected chi connectivity index (χ2v) is 8.63. The first kappa shape index (κ1) is 22.1. The topological polar surface area (TPSA) is 66.8 Å². The molecule has 0 bridgehead atoms. The van der Waals surface area contributed by atoms with Crippen LogP contribution in [0.25, 0.3) is 6.08 Å². The van der Waals surface area contributed by atoms with Gasteiger partial charge in [-0.15, -0.1) is 0 Å². The molecule has 0 saturated carbocycles. The Morgan fingerprint density at radius 1 is 1.27 bits per heavy atom. The molecule has 1 amide bonds. The molecule has 1 heterocycles. The van der Waals surface area contributed by atoms with E-state index < -0.39 is 12.1 Å². The number of carbonyl (C=O) groups is 2. The van der Waals surface area contributed by atoms with Crippen molar-refractivity contribution in [2.75, 3.05) is 4.90 Å². The van der Waals surface area contributed by atoms with Crippen LogP contribution in [0.2, 0.25) is 0 Å². The summed E-state index contributed by atoms with van der Waals surface area (Å²) in [6.07, 6.45) is 4.08. The van der Waals surface area contributed by atoms with Gasteiger partial charge >= 0.3 is 5.97 Å². The van der Waals surface area contributed by atoms with E-state index in [0.29, 0.717) is 15.0 Å². The third-order valence-corrected chi connectivity index (χ3v) is 5.93. The van der Waals surface area contributed by atoms with Crippen LogP contribution in [0.5, 0.6) is 5.75 Å². The summed E-state index contributed by atoms with van der Waals surface area (Å²) in [7, 11) is 0. The summed E-state index contributed by atoms with van der Waals surface area (Å²) in [5, 5.41) is 9.00. The molecular weight excluding hydrogens is 418 g/mol. The highest BCUT2D eigenvalue weighted by atomic mass is 32.2. The molecule has 156 valence electrons. The number of unbranched alkanes of at least 4 members (excludes halogenated alkanes) is 1. The summed E-state index contributed by atoms with van der Waals surface area (Å²) >= 11 is 6.69. The number of thiocarbonyl (C=S) groups is 1. The molecule has 3 rings (SSSR count). The molecule has 1 N–H and O–H groups in total. The standard InChI is InChI=1S/C23H23NO4S2/c1-3-4-6-16-9-11-18(12-10-16)24-21(25)20(30-23(24)29)14-17-7-5-8-19(13-17)28-15(2)22(26)27/h5,7-15H,3-4,6H2,1-2H3,(H,26,27)/b20-14+. The Bertz CT molecular complexity index is 985. The largest absolute Gasteiger partial charge is 0.479 e. The number of amides is 1. The normalized spacial score (nSPS) is 16.2. The lowest BCUT2D eigenvalue weighted by atomic mass is 10.1. The number of aliphatic carboxylic acids is 1. The summed E-state index contributed by atoms with van der Waals surface area (Å²) in [6, 6.07) is 14.9. The number of thioether (sulfide) groups is 1. The van der Waals surface area contributed by atoms with Gasteiger partial charge in [-0.25, -0.2) is 4.79 Å². The zero-order valence-corrected chi connectivity index (χ0v) is 18.5. The number of carbonyl (C=O) groups excluding carboxylic acids is 1. The smallest absolute Gasteiger partial charge is 0.344 e. The third-order valence-electron chi connectivity index (χ3n) is 4.62. The highest BCUT2D eigenvalue weighted by Gasteiger charge is 2.33. The van der Waals surface area contributed by atoms with Crippen molar-refractivity contribution < 1.29 is 19.4 Å². The molecule has 30 heavy (non-hydrogen) atoms. The van der Waals surface area contributed by atoms with E-state index in [-0.39, 0.29) is 5.91 Å². The van der Waals surface area contributed by atoms with Crippen LogP contribution >= 0.6 is 24.0 Å². The maximum Gasteiger partial charge on any atom is 0.344 e. The van der Waals surface area contributed by atoms with Crippen LogP contribution in [0.15, 0.2) is 53.4 Å². The lowest BCUT2D eigenvalue weighted by Gasteiger charge is -2.15. The molecule has 0 aliphatic carbocycles. The molecule has 1 aliphatic rings. The molecule has 1 fully saturated rings. The van der Waals surface area contributed by atoms with Gasteiger partial charge in [0.2, 0.25) is 0 Å². The molecule has 1 saturated heterocycles. The fraction of sp³-hybridized carbons (Fsp3) is 0.261. The second-order valence-electron chi connectivity index (χ2n) is 6.96. The summed E-state index contributed by atoms with van der Waals surface area (Å²) in [6.45, 7) is 3.63. The van der Waals surface area contributed by atoms with Gasteiger partial charge in [0.25, 0.3) is 5.91 Å². The van der Waals surface area contributed by atoms with Crippen molar-refractivity contribution in [2.45, 2.75) is 39.2 Å². The number of ether oxygens (including phenoxy) is 1. The highest BCUT2D eigenvalue weighted by molar-refractivity contribution is 8.27. The Labute approximate surface area is 185 Å². The van der Waals surface area contributed by atoms with E-state index in [2.05, 4.69) is 6.92 Å². The minimum atomic E-state index is -1.04. The molecule has 2 aromatic carbocycles. The van der Waals surface area contributed by atoms with Crippen molar-refractivity contribution in [3.05, 3.63) is 64.6 Å². The van der Waals surface area contributed by atoms with Crippen LogP contribution in [0.1, 0.15) is 37.8 Å². The average Bonchev–Trinajstić information content (AvgIpc) is 3.00. The Kier molecular flexibility index (Phi) is 7.29. The lowest BCUT2D eigenvalue weighted by molar-refractivity contribution is -0.144. The van der Waals surface area contributed by atoms with Crippen LogP contribution in [0.4, 0.5) is 5.69 Å². The molecule has 1 atom stereocenters. The first-order valence-electron chi connectivity index (χ1n) is 9.75. The van der Waals surface area contributed by atoms with Gasteiger partial charge in [0, 0.05) is 0 Å². The number of aryl methyl sites for hydroxylation is 1.